The quantitative estimate of drug-likeness (QED) is 0.662. The Morgan fingerprint density at radius 2 is 2.19 bits per heavy atom. The van der Waals surface area contributed by atoms with Crippen LogP contribution in [0.2, 0.25) is 0 Å². The molecule has 1 heterocycles. The number of hydrogen-bond acceptors (Lipinski definition) is 5. The van der Waals surface area contributed by atoms with Crippen LogP contribution in [-0.2, 0) is 0 Å². The van der Waals surface area contributed by atoms with Gasteiger partial charge < -0.3 is 5.32 Å². The Morgan fingerprint density at radius 1 is 1.48 bits per heavy atom. The number of nitro groups is 1. The van der Waals surface area contributed by atoms with Crippen LogP contribution in [0.15, 0.2) is 0 Å². The highest BCUT2D eigenvalue weighted by molar-refractivity contribution is 7.99. The highest BCUT2D eigenvalue weighted by Gasteiger charge is 2.30. The van der Waals surface area contributed by atoms with E-state index in [4.69, 9.17) is 0 Å². The first kappa shape index (κ1) is 16.1. The van der Waals surface area contributed by atoms with Gasteiger partial charge in [0.1, 0.15) is 5.69 Å². The predicted octanol–water partition coefficient (Wildman–Crippen LogP) is 3.77. The molecule has 2 atom stereocenters. The van der Waals surface area contributed by atoms with Crippen LogP contribution in [0.5, 0.6) is 0 Å². The number of anilines is 1. The number of aryl methyl sites for hydroxylation is 1. The van der Waals surface area contributed by atoms with Gasteiger partial charge in [-0.25, -0.2) is 4.68 Å². The van der Waals surface area contributed by atoms with E-state index in [1.807, 2.05) is 25.6 Å². The first-order valence-corrected chi connectivity index (χ1v) is 8.75. The first-order chi connectivity index (χ1) is 9.93. The molecule has 118 valence electrons. The van der Waals surface area contributed by atoms with Crippen LogP contribution < -0.4 is 5.32 Å². The molecule has 1 aliphatic rings. The van der Waals surface area contributed by atoms with Crippen molar-refractivity contribution in [2.45, 2.75) is 63.8 Å². The molecule has 2 rings (SSSR count). The summed E-state index contributed by atoms with van der Waals surface area (Å²) in [5.41, 5.74) is 0.600. The second-order valence-corrected chi connectivity index (χ2v) is 7.08. The summed E-state index contributed by atoms with van der Waals surface area (Å²) in [6, 6.07) is 0.392. The minimum absolute atomic E-state index is 0.0971. The molecule has 1 fully saturated rings. The highest BCUT2D eigenvalue weighted by Crippen LogP contribution is 2.34. The summed E-state index contributed by atoms with van der Waals surface area (Å²) in [5.74, 6) is 0.569. The zero-order chi connectivity index (χ0) is 15.6. The standard InChI is InChI=1S/C14H24N4O2S/c1-9(2)17-14(13(18(19)20)10(3)16-17)15-11-6-5-7-12(8-11)21-4/h9,11-12,15H,5-8H2,1-4H3. The number of rotatable bonds is 5. The molecule has 1 N–H and O–H groups in total. The molecule has 0 aliphatic heterocycles. The normalized spacial score (nSPS) is 22.5. The van der Waals surface area contributed by atoms with E-state index in [1.54, 1.807) is 11.6 Å². The van der Waals surface area contributed by atoms with E-state index in [0.29, 0.717) is 22.8 Å². The van der Waals surface area contributed by atoms with Gasteiger partial charge in [0, 0.05) is 17.3 Å². The Morgan fingerprint density at radius 3 is 2.76 bits per heavy atom. The largest absolute Gasteiger partial charge is 0.362 e. The van der Waals surface area contributed by atoms with Gasteiger partial charge in [0.25, 0.3) is 0 Å². The van der Waals surface area contributed by atoms with Crippen LogP contribution in [0, 0.1) is 17.0 Å². The molecule has 0 amide bonds. The molecular formula is C14H24N4O2S. The smallest absolute Gasteiger partial charge is 0.333 e. The monoisotopic (exact) mass is 312 g/mol. The van der Waals surface area contributed by atoms with Gasteiger partial charge in [-0.1, -0.05) is 6.42 Å². The Balaban J connectivity index is 2.27. The van der Waals surface area contributed by atoms with Crippen LogP contribution in [0.4, 0.5) is 11.5 Å². The second-order valence-electron chi connectivity index (χ2n) is 5.94. The molecule has 21 heavy (non-hydrogen) atoms. The number of nitrogens with one attached hydrogen (secondary N) is 1. The molecule has 1 aromatic rings. The second kappa shape index (κ2) is 6.68. The topological polar surface area (TPSA) is 73.0 Å². The van der Waals surface area contributed by atoms with Crippen molar-refractivity contribution >= 4 is 23.3 Å². The molecule has 0 aromatic carbocycles. The van der Waals surface area contributed by atoms with Crippen LogP contribution in [-0.4, -0.2) is 32.3 Å². The molecule has 0 bridgehead atoms. The lowest BCUT2D eigenvalue weighted by molar-refractivity contribution is -0.384. The van der Waals surface area contributed by atoms with Gasteiger partial charge in [-0.05, 0) is 46.3 Å². The molecule has 1 aliphatic carbocycles. The van der Waals surface area contributed by atoms with Crippen molar-refractivity contribution < 1.29 is 4.92 Å². The van der Waals surface area contributed by atoms with Gasteiger partial charge in [0.2, 0.25) is 5.82 Å². The number of thioether (sulfide) groups is 1. The number of aromatic nitrogens is 2. The fourth-order valence-corrected chi connectivity index (χ4v) is 3.78. The summed E-state index contributed by atoms with van der Waals surface area (Å²) in [4.78, 5) is 11.0. The predicted molar refractivity (Wildman–Crippen MR) is 87.2 cm³/mol. The van der Waals surface area contributed by atoms with Crippen LogP contribution in [0.1, 0.15) is 51.3 Å². The molecule has 7 heteroatoms. The van der Waals surface area contributed by atoms with Gasteiger partial charge in [-0.2, -0.15) is 16.9 Å². The van der Waals surface area contributed by atoms with Gasteiger partial charge in [0.05, 0.1) is 4.92 Å². The van der Waals surface area contributed by atoms with E-state index in [0.717, 1.165) is 12.8 Å². The Bertz CT molecular complexity index is 515. The third kappa shape index (κ3) is 3.51. The zero-order valence-electron chi connectivity index (χ0n) is 13.1. The summed E-state index contributed by atoms with van der Waals surface area (Å²) in [5, 5.41) is 19.7. The summed E-state index contributed by atoms with van der Waals surface area (Å²) in [6.45, 7) is 5.69. The third-order valence-corrected chi connectivity index (χ3v) is 5.12. The summed E-state index contributed by atoms with van der Waals surface area (Å²) in [7, 11) is 0. The summed E-state index contributed by atoms with van der Waals surface area (Å²) in [6.07, 6.45) is 6.67. The lowest BCUT2D eigenvalue weighted by atomic mass is 9.95. The van der Waals surface area contributed by atoms with Gasteiger partial charge >= 0.3 is 5.69 Å². The first-order valence-electron chi connectivity index (χ1n) is 7.46. The maximum absolute atomic E-state index is 11.3. The lowest BCUT2D eigenvalue weighted by Gasteiger charge is -2.29. The Hall–Kier alpha value is -1.24. The van der Waals surface area contributed by atoms with Crippen molar-refractivity contribution in [3.05, 3.63) is 15.8 Å². The molecule has 0 saturated heterocycles. The van der Waals surface area contributed by atoms with Gasteiger partial charge in [0.15, 0.2) is 0 Å². The molecule has 1 aromatic heterocycles. The lowest BCUT2D eigenvalue weighted by Crippen LogP contribution is -2.30. The van der Waals surface area contributed by atoms with Crippen molar-refractivity contribution in [2.24, 2.45) is 0 Å². The minimum Gasteiger partial charge on any atom is -0.362 e. The van der Waals surface area contributed by atoms with Crippen LogP contribution in [0.3, 0.4) is 0 Å². The van der Waals surface area contributed by atoms with E-state index in [9.17, 15) is 10.1 Å². The van der Waals surface area contributed by atoms with E-state index < -0.39 is 0 Å². The fourth-order valence-electron chi connectivity index (χ4n) is 2.95. The molecule has 0 spiro atoms. The highest BCUT2D eigenvalue weighted by atomic mass is 32.2. The van der Waals surface area contributed by atoms with E-state index in [2.05, 4.69) is 16.7 Å². The molecule has 0 radical (unpaired) electrons. The van der Waals surface area contributed by atoms with Crippen molar-refractivity contribution in [1.29, 1.82) is 0 Å². The van der Waals surface area contributed by atoms with Crippen molar-refractivity contribution in [1.82, 2.24) is 9.78 Å². The van der Waals surface area contributed by atoms with Gasteiger partial charge in [-0.15, -0.1) is 0 Å². The fraction of sp³-hybridized carbons (Fsp3) is 0.786. The van der Waals surface area contributed by atoms with E-state index in [1.165, 1.54) is 12.8 Å². The average molecular weight is 312 g/mol. The maximum atomic E-state index is 11.3. The van der Waals surface area contributed by atoms with Crippen LogP contribution >= 0.6 is 11.8 Å². The van der Waals surface area contributed by atoms with Crippen molar-refractivity contribution in [3.63, 3.8) is 0 Å². The third-order valence-electron chi connectivity index (χ3n) is 4.03. The van der Waals surface area contributed by atoms with Crippen molar-refractivity contribution in [2.75, 3.05) is 11.6 Å². The number of hydrogen-bond donors (Lipinski definition) is 1. The number of nitrogens with zero attached hydrogens (tertiary/aromatic N) is 3. The zero-order valence-corrected chi connectivity index (χ0v) is 13.9. The minimum atomic E-state index is -0.321. The van der Waals surface area contributed by atoms with Crippen LogP contribution in [0.25, 0.3) is 0 Å². The Kier molecular flexibility index (Phi) is 5.13. The van der Waals surface area contributed by atoms with Gasteiger partial charge in [-0.3, -0.25) is 10.1 Å². The summed E-state index contributed by atoms with van der Waals surface area (Å²) < 4.78 is 1.75. The molecule has 1 saturated carbocycles. The SMILES string of the molecule is CSC1CCCC(Nc2c([N+](=O)[O-])c(C)nn2C(C)C)C1. The van der Waals surface area contributed by atoms with Crippen molar-refractivity contribution in [3.8, 4) is 0 Å². The molecular weight excluding hydrogens is 288 g/mol. The Labute approximate surface area is 129 Å². The van der Waals surface area contributed by atoms with E-state index in [-0.39, 0.29) is 16.7 Å². The average Bonchev–Trinajstić information content (AvgIpc) is 2.76. The van der Waals surface area contributed by atoms with E-state index >= 15 is 0 Å². The molecule has 2 unspecified atom stereocenters. The summed E-state index contributed by atoms with van der Waals surface area (Å²) >= 11 is 1.89. The molecule has 6 nitrogen and oxygen atoms in total. The maximum Gasteiger partial charge on any atom is 0.333 e.